The summed E-state index contributed by atoms with van der Waals surface area (Å²) in [6.07, 6.45) is 7.38. The van der Waals surface area contributed by atoms with Gasteiger partial charge in [-0.3, -0.25) is 0 Å². The smallest absolute Gasteiger partial charge is 0.0605 e. The Bertz CT molecular complexity index is 287. The van der Waals surface area contributed by atoms with Crippen LogP contribution in [0.4, 0.5) is 0 Å². The monoisotopic (exact) mass is 193 g/mol. The average molecular weight is 193 g/mol. The molecule has 1 aliphatic carbocycles. The predicted molar refractivity (Wildman–Crippen MR) is 57.8 cm³/mol. The summed E-state index contributed by atoms with van der Waals surface area (Å²) >= 11 is 1.76. The fourth-order valence-electron chi connectivity index (χ4n) is 1.80. The van der Waals surface area contributed by atoms with E-state index in [1.807, 2.05) is 0 Å². The molecular weight excluding hydrogens is 178 g/mol. The molecule has 0 aromatic carbocycles. The number of rotatable bonds is 2. The Morgan fingerprint density at radius 2 is 2.31 bits per heavy atom. The van der Waals surface area contributed by atoms with Crippen molar-refractivity contribution < 1.29 is 0 Å². The Hall–Kier alpha value is -0.600. The highest BCUT2D eigenvalue weighted by molar-refractivity contribution is 7.10. The van der Waals surface area contributed by atoms with Crippen molar-refractivity contribution >= 4 is 11.3 Å². The van der Waals surface area contributed by atoms with Crippen LogP contribution in [0.15, 0.2) is 29.2 Å². The molecule has 1 aromatic rings. The molecule has 13 heavy (non-hydrogen) atoms. The molecule has 1 aliphatic rings. The van der Waals surface area contributed by atoms with Gasteiger partial charge >= 0.3 is 0 Å². The first kappa shape index (κ1) is 8.97. The highest BCUT2D eigenvalue weighted by Gasteiger charge is 2.14. The van der Waals surface area contributed by atoms with E-state index in [0.29, 0.717) is 0 Å². The zero-order chi connectivity index (χ0) is 9.10. The van der Waals surface area contributed by atoms with Crippen molar-refractivity contribution in [3.05, 3.63) is 34.0 Å². The molecular formula is C11H15NS. The van der Waals surface area contributed by atoms with E-state index >= 15 is 0 Å². The van der Waals surface area contributed by atoms with E-state index in [1.54, 1.807) is 11.3 Å². The van der Waals surface area contributed by atoms with Crippen LogP contribution in [0.25, 0.3) is 0 Å². The fraction of sp³-hybridized carbons (Fsp3) is 0.455. The topological polar surface area (TPSA) is 26.0 Å². The van der Waals surface area contributed by atoms with E-state index in [-0.39, 0.29) is 6.04 Å². The largest absolute Gasteiger partial charge is 0.320 e. The second-order valence-corrected chi connectivity index (χ2v) is 4.50. The minimum Gasteiger partial charge on any atom is -0.320 e. The van der Waals surface area contributed by atoms with Crippen LogP contribution in [0, 0.1) is 0 Å². The third-order valence-electron chi connectivity index (χ3n) is 2.58. The van der Waals surface area contributed by atoms with Crippen LogP contribution in [0.1, 0.15) is 36.6 Å². The SMILES string of the molecule is NC(C1=CCCCC1)c1cccs1. The van der Waals surface area contributed by atoms with E-state index < -0.39 is 0 Å². The van der Waals surface area contributed by atoms with Crippen molar-refractivity contribution in [2.45, 2.75) is 31.7 Å². The Kier molecular flexibility index (Phi) is 2.81. The first-order valence-corrected chi connectivity index (χ1v) is 5.74. The molecule has 0 aliphatic heterocycles. The van der Waals surface area contributed by atoms with Gasteiger partial charge in [-0.25, -0.2) is 0 Å². The van der Waals surface area contributed by atoms with Crippen LogP contribution in [-0.2, 0) is 0 Å². The first-order chi connectivity index (χ1) is 6.38. The lowest BCUT2D eigenvalue weighted by Crippen LogP contribution is -2.13. The van der Waals surface area contributed by atoms with Crippen LogP contribution in [0.5, 0.6) is 0 Å². The van der Waals surface area contributed by atoms with Crippen LogP contribution in [0.3, 0.4) is 0 Å². The Labute approximate surface area is 83.3 Å². The second-order valence-electron chi connectivity index (χ2n) is 3.52. The van der Waals surface area contributed by atoms with Crippen molar-refractivity contribution in [3.8, 4) is 0 Å². The molecule has 1 unspecified atom stereocenters. The zero-order valence-electron chi connectivity index (χ0n) is 7.70. The van der Waals surface area contributed by atoms with E-state index in [9.17, 15) is 0 Å². The molecule has 0 amide bonds. The maximum Gasteiger partial charge on any atom is 0.0605 e. The highest BCUT2D eigenvalue weighted by Crippen LogP contribution is 2.29. The van der Waals surface area contributed by atoms with Crippen LogP contribution in [-0.4, -0.2) is 0 Å². The second kappa shape index (κ2) is 4.07. The summed E-state index contributed by atoms with van der Waals surface area (Å²) in [7, 11) is 0. The Morgan fingerprint density at radius 1 is 1.38 bits per heavy atom. The summed E-state index contributed by atoms with van der Waals surface area (Å²) < 4.78 is 0. The number of nitrogens with two attached hydrogens (primary N) is 1. The summed E-state index contributed by atoms with van der Waals surface area (Å²) in [4.78, 5) is 1.30. The van der Waals surface area contributed by atoms with Gasteiger partial charge < -0.3 is 5.73 Å². The van der Waals surface area contributed by atoms with Crippen molar-refractivity contribution in [1.82, 2.24) is 0 Å². The maximum atomic E-state index is 6.16. The zero-order valence-corrected chi connectivity index (χ0v) is 8.52. The van der Waals surface area contributed by atoms with Crippen molar-refractivity contribution in [2.75, 3.05) is 0 Å². The number of thiophene rings is 1. The number of hydrogen-bond acceptors (Lipinski definition) is 2. The molecule has 1 aromatic heterocycles. The summed E-state index contributed by atoms with van der Waals surface area (Å²) in [5, 5.41) is 2.10. The van der Waals surface area contributed by atoms with Crippen LogP contribution < -0.4 is 5.73 Å². The third kappa shape index (κ3) is 2.01. The average Bonchev–Trinajstić information content (AvgIpc) is 2.71. The van der Waals surface area contributed by atoms with Gasteiger partial charge in [0.05, 0.1) is 6.04 Å². The molecule has 0 spiro atoms. The van der Waals surface area contributed by atoms with E-state index in [0.717, 1.165) is 0 Å². The summed E-state index contributed by atoms with van der Waals surface area (Å²) in [5.41, 5.74) is 7.59. The highest BCUT2D eigenvalue weighted by atomic mass is 32.1. The normalized spacial score (nSPS) is 19.6. The number of allylic oxidation sites excluding steroid dienone is 1. The van der Waals surface area contributed by atoms with Gasteiger partial charge in [-0.1, -0.05) is 17.7 Å². The van der Waals surface area contributed by atoms with Gasteiger partial charge in [0.2, 0.25) is 0 Å². The van der Waals surface area contributed by atoms with Gasteiger partial charge in [-0.05, 0) is 37.1 Å². The third-order valence-corrected chi connectivity index (χ3v) is 3.53. The molecule has 70 valence electrons. The maximum absolute atomic E-state index is 6.16. The van der Waals surface area contributed by atoms with Crippen LogP contribution in [0.2, 0.25) is 0 Å². The van der Waals surface area contributed by atoms with Gasteiger partial charge in [0.1, 0.15) is 0 Å². The quantitative estimate of drug-likeness (QED) is 0.717. The van der Waals surface area contributed by atoms with Crippen molar-refractivity contribution in [2.24, 2.45) is 5.73 Å². The summed E-state index contributed by atoms with van der Waals surface area (Å²) in [6, 6.07) is 4.37. The summed E-state index contributed by atoms with van der Waals surface area (Å²) in [5.74, 6) is 0. The first-order valence-electron chi connectivity index (χ1n) is 4.86. The lowest BCUT2D eigenvalue weighted by molar-refractivity contribution is 0.652. The molecule has 0 bridgehead atoms. The van der Waals surface area contributed by atoms with Gasteiger partial charge in [0, 0.05) is 4.88 Å². The van der Waals surface area contributed by atoms with E-state index in [2.05, 4.69) is 23.6 Å². The van der Waals surface area contributed by atoms with Crippen molar-refractivity contribution in [3.63, 3.8) is 0 Å². The lowest BCUT2D eigenvalue weighted by atomic mass is 9.94. The fourth-order valence-corrected chi connectivity index (χ4v) is 2.57. The van der Waals surface area contributed by atoms with Gasteiger partial charge in [-0.2, -0.15) is 0 Å². The molecule has 0 saturated carbocycles. The van der Waals surface area contributed by atoms with Gasteiger partial charge in [0.25, 0.3) is 0 Å². The molecule has 1 atom stereocenters. The molecule has 2 rings (SSSR count). The Morgan fingerprint density at radius 3 is 2.92 bits per heavy atom. The molecule has 2 N–H and O–H groups in total. The van der Waals surface area contributed by atoms with E-state index in [1.165, 1.54) is 36.1 Å². The van der Waals surface area contributed by atoms with Crippen molar-refractivity contribution in [1.29, 1.82) is 0 Å². The van der Waals surface area contributed by atoms with Gasteiger partial charge in [0.15, 0.2) is 0 Å². The minimum absolute atomic E-state index is 0.167. The standard InChI is InChI=1S/C11H15NS/c12-11(10-7-4-8-13-10)9-5-2-1-3-6-9/h4-5,7-8,11H,1-3,6,12H2. The molecule has 2 heteroatoms. The minimum atomic E-state index is 0.167. The molecule has 0 fully saturated rings. The lowest BCUT2D eigenvalue weighted by Gasteiger charge is -2.18. The molecule has 1 nitrogen and oxygen atoms in total. The molecule has 1 heterocycles. The molecule has 0 radical (unpaired) electrons. The Balaban J connectivity index is 2.12. The van der Waals surface area contributed by atoms with Crippen LogP contribution >= 0.6 is 11.3 Å². The van der Waals surface area contributed by atoms with Gasteiger partial charge in [-0.15, -0.1) is 11.3 Å². The number of hydrogen-bond donors (Lipinski definition) is 1. The summed E-state index contributed by atoms with van der Waals surface area (Å²) in [6.45, 7) is 0. The predicted octanol–water partition coefficient (Wildman–Crippen LogP) is 3.25. The van der Waals surface area contributed by atoms with E-state index in [4.69, 9.17) is 5.73 Å². The molecule has 0 saturated heterocycles.